The number of rotatable bonds is 5. The molecule has 1 unspecified atom stereocenters. The Labute approximate surface area is 122 Å². The maximum Gasteiger partial charge on any atom is 0.115 e. The second-order valence-electron chi connectivity index (χ2n) is 5.94. The van der Waals surface area contributed by atoms with Crippen LogP contribution in [-0.4, -0.2) is 5.11 Å². The lowest BCUT2D eigenvalue weighted by atomic mass is 9.92. The van der Waals surface area contributed by atoms with E-state index in [9.17, 15) is 5.11 Å². The fourth-order valence-corrected chi connectivity index (χ4v) is 2.57. The van der Waals surface area contributed by atoms with Gasteiger partial charge in [0.25, 0.3) is 0 Å². The van der Waals surface area contributed by atoms with Crippen LogP contribution in [-0.2, 0) is 12.8 Å². The van der Waals surface area contributed by atoms with Crippen LogP contribution in [0, 0.1) is 19.8 Å². The van der Waals surface area contributed by atoms with Crippen molar-refractivity contribution in [3.63, 3.8) is 0 Å². The van der Waals surface area contributed by atoms with Gasteiger partial charge in [0, 0.05) is 0 Å². The van der Waals surface area contributed by atoms with Crippen molar-refractivity contribution in [2.45, 2.75) is 40.0 Å². The van der Waals surface area contributed by atoms with Gasteiger partial charge in [0.1, 0.15) is 5.75 Å². The Morgan fingerprint density at radius 1 is 1.00 bits per heavy atom. The standard InChI is InChI=1S/C19H24O/c1-14-4-6-16(3)18(12-14)13-15(2)5-7-17-8-10-19(20)11-9-17/h4,6,8-12,15,20H,5,7,13H2,1-3H3. The van der Waals surface area contributed by atoms with E-state index in [1.807, 2.05) is 12.1 Å². The summed E-state index contributed by atoms with van der Waals surface area (Å²) < 4.78 is 0. The van der Waals surface area contributed by atoms with E-state index in [2.05, 4.69) is 39.0 Å². The Bertz CT molecular complexity index is 554. The summed E-state index contributed by atoms with van der Waals surface area (Å²) in [5.41, 5.74) is 5.52. The van der Waals surface area contributed by atoms with Gasteiger partial charge in [-0.1, -0.05) is 42.8 Å². The Kier molecular flexibility index (Phi) is 4.84. The van der Waals surface area contributed by atoms with Crippen molar-refractivity contribution in [1.29, 1.82) is 0 Å². The molecule has 0 fully saturated rings. The summed E-state index contributed by atoms with van der Waals surface area (Å²) in [7, 11) is 0. The smallest absolute Gasteiger partial charge is 0.115 e. The summed E-state index contributed by atoms with van der Waals surface area (Å²) in [6, 6.07) is 14.3. The van der Waals surface area contributed by atoms with Crippen molar-refractivity contribution in [2.75, 3.05) is 0 Å². The average molecular weight is 268 g/mol. The van der Waals surface area contributed by atoms with Gasteiger partial charge in [-0.05, 0) is 67.9 Å². The minimum Gasteiger partial charge on any atom is -0.508 e. The zero-order chi connectivity index (χ0) is 14.5. The summed E-state index contributed by atoms with van der Waals surface area (Å²) >= 11 is 0. The second-order valence-corrected chi connectivity index (χ2v) is 5.94. The van der Waals surface area contributed by atoms with Crippen LogP contribution in [0.5, 0.6) is 5.75 Å². The first-order valence-electron chi connectivity index (χ1n) is 7.38. The Balaban J connectivity index is 1.90. The van der Waals surface area contributed by atoms with Crippen LogP contribution in [0.1, 0.15) is 35.6 Å². The first-order valence-corrected chi connectivity index (χ1v) is 7.38. The van der Waals surface area contributed by atoms with Gasteiger partial charge < -0.3 is 5.11 Å². The number of benzene rings is 2. The minimum absolute atomic E-state index is 0.345. The molecular weight excluding hydrogens is 244 g/mol. The Hall–Kier alpha value is -1.76. The number of aromatic hydroxyl groups is 1. The normalized spacial score (nSPS) is 12.3. The molecule has 0 heterocycles. The Morgan fingerprint density at radius 3 is 2.40 bits per heavy atom. The third kappa shape index (κ3) is 4.12. The van der Waals surface area contributed by atoms with E-state index in [1.54, 1.807) is 12.1 Å². The first-order chi connectivity index (χ1) is 9.54. The van der Waals surface area contributed by atoms with Gasteiger partial charge in [0.2, 0.25) is 0 Å². The fraction of sp³-hybridized carbons (Fsp3) is 0.368. The predicted octanol–water partition coefficient (Wildman–Crippen LogP) is 4.82. The molecule has 0 spiro atoms. The van der Waals surface area contributed by atoms with Crippen LogP contribution in [0.3, 0.4) is 0 Å². The van der Waals surface area contributed by atoms with Crippen LogP contribution in [0.25, 0.3) is 0 Å². The lowest BCUT2D eigenvalue weighted by molar-refractivity contribution is 0.474. The molecule has 0 saturated carbocycles. The van der Waals surface area contributed by atoms with E-state index in [1.165, 1.54) is 28.7 Å². The van der Waals surface area contributed by atoms with Crippen molar-refractivity contribution >= 4 is 0 Å². The quantitative estimate of drug-likeness (QED) is 0.824. The van der Waals surface area contributed by atoms with E-state index in [0.29, 0.717) is 11.7 Å². The molecule has 0 aromatic heterocycles. The van der Waals surface area contributed by atoms with E-state index in [4.69, 9.17) is 0 Å². The van der Waals surface area contributed by atoms with Crippen molar-refractivity contribution in [3.8, 4) is 5.75 Å². The third-order valence-electron chi connectivity index (χ3n) is 3.94. The zero-order valence-corrected chi connectivity index (χ0v) is 12.7. The monoisotopic (exact) mass is 268 g/mol. The fourth-order valence-electron chi connectivity index (χ4n) is 2.57. The Morgan fingerprint density at radius 2 is 1.70 bits per heavy atom. The van der Waals surface area contributed by atoms with Gasteiger partial charge in [-0.3, -0.25) is 0 Å². The van der Waals surface area contributed by atoms with Gasteiger partial charge in [0.15, 0.2) is 0 Å². The molecule has 1 heteroatoms. The van der Waals surface area contributed by atoms with Gasteiger partial charge in [-0.25, -0.2) is 0 Å². The summed E-state index contributed by atoms with van der Waals surface area (Å²) in [6.45, 7) is 6.67. The molecule has 1 nitrogen and oxygen atoms in total. The highest BCUT2D eigenvalue weighted by Crippen LogP contribution is 2.19. The van der Waals surface area contributed by atoms with Crippen molar-refractivity contribution in [3.05, 3.63) is 64.7 Å². The number of hydrogen-bond donors (Lipinski definition) is 1. The van der Waals surface area contributed by atoms with Crippen molar-refractivity contribution in [1.82, 2.24) is 0 Å². The summed E-state index contributed by atoms with van der Waals surface area (Å²) in [6.07, 6.45) is 3.40. The molecule has 1 atom stereocenters. The largest absolute Gasteiger partial charge is 0.508 e. The average Bonchev–Trinajstić information content (AvgIpc) is 2.42. The molecule has 2 aromatic rings. The van der Waals surface area contributed by atoms with E-state index >= 15 is 0 Å². The molecule has 2 aromatic carbocycles. The van der Waals surface area contributed by atoms with Crippen LogP contribution in [0.15, 0.2) is 42.5 Å². The van der Waals surface area contributed by atoms with Crippen LogP contribution >= 0.6 is 0 Å². The number of phenolic OH excluding ortho intramolecular Hbond substituents is 1. The van der Waals surface area contributed by atoms with Gasteiger partial charge in [-0.15, -0.1) is 0 Å². The van der Waals surface area contributed by atoms with Crippen molar-refractivity contribution < 1.29 is 5.11 Å². The number of hydrogen-bond acceptors (Lipinski definition) is 1. The molecule has 0 saturated heterocycles. The van der Waals surface area contributed by atoms with Crippen molar-refractivity contribution in [2.24, 2.45) is 5.92 Å². The number of aryl methyl sites for hydroxylation is 3. The maximum atomic E-state index is 9.29. The SMILES string of the molecule is Cc1ccc(C)c(CC(C)CCc2ccc(O)cc2)c1. The highest BCUT2D eigenvalue weighted by atomic mass is 16.3. The molecular formula is C19H24O. The predicted molar refractivity (Wildman–Crippen MR) is 85.2 cm³/mol. The minimum atomic E-state index is 0.345. The molecule has 106 valence electrons. The lowest BCUT2D eigenvalue weighted by Gasteiger charge is -2.14. The molecule has 0 aliphatic heterocycles. The lowest BCUT2D eigenvalue weighted by Crippen LogP contribution is -2.03. The van der Waals surface area contributed by atoms with E-state index < -0.39 is 0 Å². The topological polar surface area (TPSA) is 20.2 Å². The molecule has 2 rings (SSSR count). The van der Waals surface area contributed by atoms with Gasteiger partial charge >= 0.3 is 0 Å². The molecule has 0 amide bonds. The maximum absolute atomic E-state index is 9.29. The number of phenols is 1. The van der Waals surface area contributed by atoms with Gasteiger partial charge in [-0.2, -0.15) is 0 Å². The molecule has 0 aliphatic rings. The summed E-state index contributed by atoms with van der Waals surface area (Å²) in [5, 5.41) is 9.29. The van der Waals surface area contributed by atoms with Crippen LogP contribution in [0.2, 0.25) is 0 Å². The van der Waals surface area contributed by atoms with E-state index in [-0.39, 0.29) is 0 Å². The zero-order valence-electron chi connectivity index (χ0n) is 12.7. The van der Waals surface area contributed by atoms with E-state index in [0.717, 1.165) is 12.8 Å². The highest BCUT2D eigenvalue weighted by molar-refractivity contribution is 5.31. The molecule has 0 bridgehead atoms. The first kappa shape index (κ1) is 14.6. The second kappa shape index (κ2) is 6.60. The molecule has 20 heavy (non-hydrogen) atoms. The third-order valence-corrected chi connectivity index (χ3v) is 3.94. The molecule has 0 radical (unpaired) electrons. The van der Waals surface area contributed by atoms with Crippen LogP contribution in [0.4, 0.5) is 0 Å². The summed E-state index contributed by atoms with van der Waals surface area (Å²) in [5.74, 6) is 1.02. The summed E-state index contributed by atoms with van der Waals surface area (Å²) in [4.78, 5) is 0. The highest BCUT2D eigenvalue weighted by Gasteiger charge is 2.07. The van der Waals surface area contributed by atoms with Crippen LogP contribution < -0.4 is 0 Å². The molecule has 1 N–H and O–H groups in total. The molecule has 0 aliphatic carbocycles. The van der Waals surface area contributed by atoms with Gasteiger partial charge in [0.05, 0.1) is 0 Å².